The SMILES string of the molecule is CCC(Nc1ncccc1C(F)(F)F)c1ccccc1. The lowest BCUT2D eigenvalue weighted by Gasteiger charge is -2.20. The first-order valence-corrected chi connectivity index (χ1v) is 6.36. The van der Waals surface area contributed by atoms with E-state index in [9.17, 15) is 13.2 Å². The van der Waals surface area contributed by atoms with Gasteiger partial charge >= 0.3 is 6.18 Å². The number of aromatic nitrogens is 1. The summed E-state index contributed by atoms with van der Waals surface area (Å²) in [6.45, 7) is 1.92. The van der Waals surface area contributed by atoms with Gasteiger partial charge in [0.15, 0.2) is 0 Å². The molecular formula is C15H15F3N2. The Morgan fingerprint density at radius 1 is 1.10 bits per heavy atom. The molecule has 0 saturated carbocycles. The number of rotatable bonds is 4. The molecule has 2 rings (SSSR count). The van der Waals surface area contributed by atoms with Crippen LogP contribution >= 0.6 is 0 Å². The first-order valence-electron chi connectivity index (χ1n) is 6.36. The lowest BCUT2D eigenvalue weighted by Crippen LogP contribution is -2.16. The summed E-state index contributed by atoms with van der Waals surface area (Å²) in [5.74, 6) is -0.129. The zero-order chi connectivity index (χ0) is 14.6. The van der Waals surface area contributed by atoms with Crippen molar-refractivity contribution in [2.45, 2.75) is 25.6 Å². The summed E-state index contributed by atoms with van der Waals surface area (Å²) in [7, 11) is 0. The van der Waals surface area contributed by atoms with Crippen LogP contribution in [0.2, 0.25) is 0 Å². The van der Waals surface area contributed by atoms with Crippen LogP contribution < -0.4 is 5.32 Å². The lowest BCUT2D eigenvalue weighted by atomic mass is 10.0. The minimum atomic E-state index is -4.41. The van der Waals surface area contributed by atoms with Gasteiger partial charge < -0.3 is 5.32 Å². The van der Waals surface area contributed by atoms with Gasteiger partial charge in [0.2, 0.25) is 0 Å². The van der Waals surface area contributed by atoms with Crippen LogP contribution in [0.25, 0.3) is 0 Å². The van der Waals surface area contributed by atoms with E-state index in [0.717, 1.165) is 11.6 Å². The summed E-state index contributed by atoms with van der Waals surface area (Å²) in [5.41, 5.74) is 0.197. The van der Waals surface area contributed by atoms with E-state index in [1.54, 1.807) is 0 Å². The number of hydrogen-bond donors (Lipinski definition) is 1. The van der Waals surface area contributed by atoms with Gasteiger partial charge in [-0.1, -0.05) is 37.3 Å². The van der Waals surface area contributed by atoms with Crippen molar-refractivity contribution < 1.29 is 13.2 Å². The van der Waals surface area contributed by atoms with E-state index < -0.39 is 11.7 Å². The van der Waals surface area contributed by atoms with E-state index in [0.29, 0.717) is 6.42 Å². The van der Waals surface area contributed by atoms with E-state index in [4.69, 9.17) is 0 Å². The van der Waals surface area contributed by atoms with Gasteiger partial charge in [-0.05, 0) is 24.1 Å². The Labute approximate surface area is 115 Å². The van der Waals surface area contributed by atoms with Crippen molar-refractivity contribution in [3.8, 4) is 0 Å². The third kappa shape index (κ3) is 3.29. The minimum absolute atomic E-state index is 0.129. The zero-order valence-corrected chi connectivity index (χ0v) is 11.0. The van der Waals surface area contributed by atoms with Crippen LogP contribution in [0, 0.1) is 0 Å². The molecule has 0 amide bonds. The predicted octanol–water partition coefficient (Wildman–Crippen LogP) is 4.66. The topological polar surface area (TPSA) is 24.9 Å². The monoisotopic (exact) mass is 280 g/mol. The molecule has 1 N–H and O–H groups in total. The van der Waals surface area contributed by atoms with Crippen LogP contribution in [0.5, 0.6) is 0 Å². The maximum Gasteiger partial charge on any atom is 0.419 e. The van der Waals surface area contributed by atoms with Crippen molar-refractivity contribution in [3.63, 3.8) is 0 Å². The van der Waals surface area contributed by atoms with Crippen LogP contribution in [0.4, 0.5) is 19.0 Å². The maximum absolute atomic E-state index is 12.9. The Kier molecular flexibility index (Phi) is 4.27. The molecule has 1 heterocycles. The molecule has 106 valence electrons. The highest BCUT2D eigenvalue weighted by Crippen LogP contribution is 2.35. The summed E-state index contributed by atoms with van der Waals surface area (Å²) in [4.78, 5) is 3.83. The summed E-state index contributed by atoms with van der Waals surface area (Å²) in [5, 5.41) is 2.89. The minimum Gasteiger partial charge on any atom is -0.363 e. The average Bonchev–Trinajstić information content (AvgIpc) is 2.45. The standard InChI is InChI=1S/C15H15F3N2/c1-2-13(11-7-4-3-5-8-11)20-14-12(15(16,17)18)9-6-10-19-14/h3-10,13H,2H2,1H3,(H,19,20). The van der Waals surface area contributed by atoms with Gasteiger partial charge in [0.25, 0.3) is 0 Å². The van der Waals surface area contributed by atoms with Gasteiger partial charge in [-0.2, -0.15) is 13.2 Å². The fourth-order valence-corrected chi connectivity index (χ4v) is 2.02. The van der Waals surface area contributed by atoms with E-state index >= 15 is 0 Å². The molecule has 0 radical (unpaired) electrons. The summed E-state index contributed by atoms with van der Waals surface area (Å²) in [6, 6.07) is 11.5. The highest BCUT2D eigenvalue weighted by atomic mass is 19.4. The normalized spacial score (nSPS) is 13.0. The zero-order valence-electron chi connectivity index (χ0n) is 11.0. The smallest absolute Gasteiger partial charge is 0.363 e. The molecular weight excluding hydrogens is 265 g/mol. The number of halogens is 3. The Morgan fingerprint density at radius 2 is 1.80 bits per heavy atom. The molecule has 0 fully saturated rings. The molecule has 0 aliphatic rings. The predicted molar refractivity (Wildman–Crippen MR) is 72.3 cm³/mol. The fraction of sp³-hybridized carbons (Fsp3) is 0.267. The second-order valence-corrected chi connectivity index (χ2v) is 4.41. The number of hydrogen-bond acceptors (Lipinski definition) is 2. The van der Waals surface area contributed by atoms with E-state index in [-0.39, 0.29) is 11.9 Å². The molecule has 20 heavy (non-hydrogen) atoms. The Balaban J connectivity index is 2.29. The molecule has 0 spiro atoms. The molecule has 2 aromatic rings. The molecule has 0 aliphatic heterocycles. The van der Waals surface area contributed by atoms with Gasteiger partial charge in [-0.3, -0.25) is 0 Å². The van der Waals surface area contributed by atoms with Crippen molar-refractivity contribution in [3.05, 3.63) is 59.8 Å². The Hall–Kier alpha value is -2.04. The molecule has 5 heteroatoms. The third-order valence-electron chi connectivity index (χ3n) is 3.03. The van der Waals surface area contributed by atoms with Crippen molar-refractivity contribution in [1.29, 1.82) is 0 Å². The first-order chi connectivity index (χ1) is 9.52. The van der Waals surface area contributed by atoms with Crippen LogP contribution in [0.1, 0.15) is 30.5 Å². The summed E-state index contributed by atoms with van der Waals surface area (Å²) in [6.07, 6.45) is -2.39. The third-order valence-corrected chi connectivity index (χ3v) is 3.03. The van der Waals surface area contributed by atoms with Crippen LogP contribution in [0.3, 0.4) is 0 Å². The van der Waals surface area contributed by atoms with Crippen molar-refractivity contribution in [2.75, 3.05) is 5.32 Å². The molecule has 1 aromatic heterocycles. The molecule has 0 aliphatic carbocycles. The van der Waals surface area contributed by atoms with Gasteiger partial charge in [-0.15, -0.1) is 0 Å². The van der Waals surface area contributed by atoms with E-state index in [1.165, 1.54) is 12.3 Å². The molecule has 1 atom stereocenters. The number of benzene rings is 1. The average molecular weight is 280 g/mol. The second kappa shape index (κ2) is 5.94. The van der Waals surface area contributed by atoms with Crippen molar-refractivity contribution >= 4 is 5.82 Å². The largest absolute Gasteiger partial charge is 0.419 e. The fourth-order valence-electron chi connectivity index (χ4n) is 2.02. The van der Waals surface area contributed by atoms with Crippen molar-refractivity contribution in [2.24, 2.45) is 0 Å². The molecule has 2 nitrogen and oxygen atoms in total. The Morgan fingerprint density at radius 3 is 2.40 bits per heavy atom. The maximum atomic E-state index is 12.9. The van der Waals surface area contributed by atoms with E-state index in [1.807, 2.05) is 37.3 Å². The lowest BCUT2D eigenvalue weighted by molar-refractivity contribution is -0.137. The van der Waals surface area contributed by atoms with Gasteiger partial charge in [-0.25, -0.2) is 4.98 Å². The van der Waals surface area contributed by atoms with Crippen LogP contribution in [-0.4, -0.2) is 4.98 Å². The van der Waals surface area contributed by atoms with E-state index in [2.05, 4.69) is 10.3 Å². The highest BCUT2D eigenvalue weighted by Gasteiger charge is 2.34. The second-order valence-electron chi connectivity index (χ2n) is 4.41. The number of anilines is 1. The number of pyridine rings is 1. The quantitative estimate of drug-likeness (QED) is 0.880. The van der Waals surface area contributed by atoms with Gasteiger partial charge in [0.05, 0.1) is 11.6 Å². The number of nitrogens with one attached hydrogen (secondary N) is 1. The summed E-state index contributed by atoms with van der Waals surface area (Å²) < 4.78 is 38.8. The molecule has 0 bridgehead atoms. The van der Waals surface area contributed by atoms with Crippen LogP contribution in [0.15, 0.2) is 48.7 Å². The van der Waals surface area contributed by atoms with Crippen LogP contribution in [-0.2, 0) is 6.18 Å². The Bertz CT molecular complexity index is 553. The molecule has 0 saturated heterocycles. The van der Waals surface area contributed by atoms with Gasteiger partial charge in [0, 0.05) is 6.20 Å². The van der Waals surface area contributed by atoms with Crippen molar-refractivity contribution in [1.82, 2.24) is 4.98 Å². The number of alkyl halides is 3. The number of nitrogens with zero attached hydrogens (tertiary/aromatic N) is 1. The highest BCUT2D eigenvalue weighted by molar-refractivity contribution is 5.47. The first kappa shape index (κ1) is 14.4. The molecule has 1 unspecified atom stereocenters. The summed E-state index contributed by atoms with van der Waals surface area (Å²) >= 11 is 0. The molecule has 1 aromatic carbocycles. The van der Waals surface area contributed by atoms with Gasteiger partial charge in [0.1, 0.15) is 5.82 Å².